The van der Waals surface area contributed by atoms with Crippen molar-refractivity contribution < 1.29 is 24.2 Å². The summed E-state index contributed by atoms with van der Waals surface area (Å²) in [5.41, 5.74) is 2.31. The number of thiophene rings is 1. The maximum absolute atomic E-state index is 12.8. The van der Waals surface area contributed by atoms with E-state index in [1.165, 1.54) is 18.4 Å². The lowest BCUT2D eigenvalue weighted by Gasteiger charge is -2.32. The van der Waals surface area contributed by atoms with Crippen LogP contribution in [0.15, 0.2) is 17.2 Å². The van der Waals surface area contributed by atoms with E-state index in [0.29, 0.717) is 23.4 Å². The van der Waals surface area contributed by atoms with Crippen LogP contribution in [0.4, 0.5) is 5.00 Å². The molecule has 0 saturated carbocycles. The summed E-state index contributed by atoms with van der Waals surface area (Å²) in [5, 5.41) is 14.7. The number of carbonyl (C=O) groups excluding carboxylic acids is 3. The van der Waals surface area contributed by atoms with Crippen molar-refractivity contribution in [1.82, 2.24) is 0 Å². The molecule has 1 aliphatic carbocycles. The predicted molar refractivity (Wildman–Crippen MR) is 97.9 cm³/mol. The number of carbonyl (C=O) groups is 3. The molecule has 1 aromatic heterocycles. The van der Waals surface area contributed by atoms with Crippen LogP contribution >= 0.6 is 11.3 Å². The standard InChI is InChI=1S/C19H25NO5S/c1-5-6-12-9-15(19(24)25-4)17(26-12)20-16(21)13-7-10(2)11(3)8-14(13)18(22)23/h9,13-14H,5-8H2,1-4H3,(H,20,21)(H,22,23)/p-1/t13-,14+/m0/s1. The summed E-state index contributed by atoms with van der Waals surface area (Å²) in [6, 6.07) is 1.72. The molecule has 0 bridgehead atoms. The van der Waals surface area contributed by atoms with Crippen LogP contribution < -0.4 is 10.4 Å². The van der Waals surface area contributed by atoms with E-state index in [4.69, 9.17) is 4.74 Å². The monoisotopic (exact) mass is 378 g/mol. The minimum Gasteiger partial charge on any atom is -0.550 e. The van der Waals surface area contributed by atoms with Crippen molar-refractivity contribution in [3.63, 3.8) is 0 Å². The highest BCUT2D eigenvalue weighted by atomic mass is 32.1. The zero-order chi connectivity index (χ0) is 19.4. The van der Waals surface area contributed by atoms with Crippen LogP contribution in [0, 0.1) is 11.8 Å². The third-order valence-electron chi connectivity index (χ3n) is 4.83. The molecule has 1 amide bonds. The number of rotatable bonds is 6. The Balaban J connectivity index is 2.28. The van der Waals surface area contributed by atoms with Crippen molar-refractivity contribution in [3.8, 4) is 0 Å². The lowest BCUT2D eigenvalue weighted by atomic mass is 9.76. The molecule has 1 heterocycles. The van der Waals surface area contributed by atoms with Gasteiger partial charge in [0.2, 0.25) is 5.91 Å². The molecule has 0 aromatic carbocycles. The Morgan fingerprint density at radius 1 is 1.23 bits per heavy atom. The minimum absolute atomic E-state index is 0.304. The lowest BCUT2D eigenvalue weighted by molar-refractivity contribution is -0.313. The van der Waals surface area contributed by atoms with Crippen LogP contribution in [0.5, 0.6) is 0 Å². The van der Waals surface area contributed by atoms with Gasteiger partial charge in [-0.1, -0.05) is 24.5 Å². The zero-order valence-electron chi connectivity index (χ0n) is 15.5. The number of allylic oxidation sites excluding steroid dienone is 2. The Hall–Kier alpha value is -2.15. The first-order valence-electron chi connectivity index (χ1n) is 8.66. The number of ether oxygens (including phenoxy) is 1. The highest BCUT2D eigenvalue weighted by molar-refractivity contribution is 7.16. The summed E-state index contributed by atoms with van der Waals surface area (Å²) >= 11 is 1.32. The van der Waals surface area contributed by atoms with Gasteiger partial charge in [-0.15, -0.1) is 11.3 Å². The van der Waals surface area contributed by atoms with E-state index in [0.717, 1.165) is 28.9 Å². The van der Waals surface area contributed by atoms with Gasteiger partial charge in [-0.3, -0.25) is 4.79 Å². The number of aliphatic carboxylic acids is 1. The minimum atomic E-state index is -1.22. The molecule has 1 aromatic rings. The quantitative estimate of drug-likeness (QED) is 0.606. The average molecular weight is 378 g/mol. The van der Waals surface area contributed by atoms with Crippen molar-refractivity contribution in [1.29, 1.82) is 0 Å². The molecule has 0 radical (unpaired) electrons. The number of carboxylic acids is 1. The second-order valence-corrected chi connectivity index (χ2v) is 7.82. The third kappa shape index (κ3) is 4.33. The molecule has 2 rings (SSSR count). The van der Waals surface area contributed by atoms with Gasteiger partial charge >= 0.3 is 5.97 Å². The molecule has 7 heteroatoms. The maximum atomic E-state index is 12.8. The van der Waals surface area contributed by atoms with Gasteiger partial charge in [0, 0.05) is 16.8 Å². The highest BCUT2D eigenvalue weighted by Gasteiger charge is 2.34. The summed E-state index contributed by atoms with van der Waals surface area (Å²) in [4.78, 5) is 37.3. The Labute approximate surface area is 157 Å². The number of esters is 1. The number of carboxylic acid groups (broad SMARTS) is 1. The topological polar surface area (TPSA) is 95.5 Å². The maximum Gasteiger partial charge on any atom is 0.340 e. The van der Waals surface area contributed by atoms with Crippen molar-refractivity contribution in [2.45, 2.75) is 46.5 Å². The van der Waals surface area contributed by atoms with Gasteiger partial charge in [0.25, 0.3) is 0 Å². The number of aryl methyl sites for hydroxylation is 1. The Morgan fingerprint density at radius 2 is 1.85 bits per heavy atom. The van der Waals surface area contributed by atoms with Gasteiger partial charge in [-0.2, -0.15) is 0 Å². The van der Waals surface area contributed by atoms with E-state index in [9.17, 15) is 19.5 Å². The molecule has 26 heavy (non-hydrogen) atoms. The van der Waals surface area contributed by atoms with Crippen LogP contribution in [0.25, 0.3) is 0 Å². The number of methoxy groups -OCH3 is 1. The van der Waals surface area contributed by atoms with Gasteiger partial charge < -0.3 is 20.0 Å². The van der Waals surface area contributed by atoms with Crippen LogP contribution in [0.1, 0.15) is 55.3 Å². The third-order valence-corrected chi connectivity index (χ3v) is 5.94. The first kappa shape index (κ1) is 20.2. The molecule has 6 nitrogen and oxygen atoms in total. The molecule has 1 aliphatic rings. The second kappa shape index (κ2) is 8.49. The van der Waals surface area contributed by atoms with E-state index in [1.54, 1.807) is 6.07 Å². The van der Waals surface area contributed by atoms with E-state index >= 15 is 0 Å². The molecule has 0 aliphatic heterocycles. The fourth-order valence-corrected chi connectivity index (χ4v) is 4.34. The largest absolute Gasteiger partial charge is 0.550 e. The highest BCUT2D eigenvalue weighted by Crippen LogP contribution is 2.36. The number of hydrogen-bond acceptors (Lipinski definition) is 6. The molecule has 2 atom stereocenters. The summed E-state index contributed by atoms with van der Waals surface area (Å²) in [7, 11) is 1.29. The molecular weight excluding hydrogens is 354 g/mol. The first-order chi connectivity index (χ1) is 12.3. The Morgan fingerprint density at radius 3 is 2.38 bits per heavy atom. The molecule has 0 saturated heterocycles. The molecule has 1 N–H and O–H groups in total. The van der Waals surface area contributed by atoms with Crippen LogP contribution in [-0.4, -0.2) is 25.0 Å². The van der Waals surface area contributed by atoms with E-state index in [-0.39, 0.29) is 0 Å². The van der Waals surface area contributed by atoms with Crippen molar-refractivity contribution in [2.75, 3.05) is 12.4 Å². The smallest absolute Gasteiger partial charge is 0.340 e. The van der Waals surface area contributed by atoms with E-state index in [2.05, 4.69) is 5.32 Å². The van der Waals surface area contributed by atoms with Gasteiger partial charge in [0.1, 0.15) is 5.00 Å². The fraction of sp³-hybridized carbons (Fsp3) is 0.526. The number of nitrogens with one attached hydrogen (secondary N) is 1. The lowest BCUT2D eigenvalue weighted by Crippen LogP contribution is -2.42. The molecule has 142 valence electrons. The normalized spacial score (nSPS) is 20.0. The SMILES string of the molecule is CCCc1cc(C(=O)OC)c(NC(=O)[C@H]2CC(C)=C(C)C[C@H]2C(=O)[O-])s1. The van der Waals surface area contributed by atoms with Crippen LogP contribution in [0.2, 0.25) is 0 Å². The second-order valence-electron chi connectivity index (χ2n) is 6.69. The summed E-state index contributed by atoms with van der Waals surface area (Å²) in [6.45, 7) is 5.82. The predicted octanol–water partition coefficient (Wildman–Crippen LogP) is 2.54. The Bertz CT molecular complexity index is 749. The van der Waals surface area contributed by atoms with Crippen molar-refractivity contribution in [3.05, 3.63) is 27.7 Å². The average Bonchev–Trinajstić information content (AvgIpc) is 2.98. The van der Waals surface area contributed by atoms with E-state index < -0.39 is 29.7 Å². The van der Waals surface area contributed by atoms with Crippen LogP contribution in [0.3, 0.4) is 0 Å². The van der Waals surface area contributed by atoms with Gasteiger partial charge in [0.05, 0.1) is 18.6 Å². The number of anilines is 1. The Kier molecular flexibility index (Phi) is 6.58. The molecular formula is C19H24NO5S-. The van der Waals surface area contributed by atoms with Crippen molar-refractivity contribution >= 4 is 34.2 Å². The van der Waals surface area contributed by atoms with Crippen LogP contribution in [-0.2, 0) is 20.7 Å². The molecule has 0 fully saturated rings. The van der Waals surface area contributed by atoms with Gasteiger partial charge in [-0.05, 0) is 39.2 Å². The summed E-state index contributed by atoms with van der Waals surface area (Å²) in [5.74, 6) is -3.73. The van der Waals surface area contributed by atoms with Gasteiger partial charge in [-0.25, -0.2) is 4.79 Å². The first-order valence-corrected chi connectivity index (χ1v) is 9.48. The fourth-order valence-electron chi connectivity index (χ4n) is 3.19. The van der Waals surface area contributed by atoms with Gasteiger partial charge in [0.15, 0.2) is 0 Å². The molecule has 0 unspecified atom stereocenters. The molecule has 0 spiro atoms. The number of amides is 1. The number of hydrogen-bond donors (Lipinski definition) is 1. The van der Waals surface area contributed by atoms with E-state index in [1.807, 2.05) is 20.8 Å². The summed E-state index contributed by atoms with van der Waals surface area (Å²) in [6.07, 6.45) is 2.38. The summed E-state index contributed by atoms with van der Waals surface area (Å²) < 4.78 is 4.79. The zero-order valence-corrected chi connectivity index (χ0v) is 16.3. The van der Waals surface area contributed by atoms with Crippen molar-refractivity contribution in [2.24, 2.45) is 11.8 Å².